The molecule has 110 valence electrons. The molecule has 0 radical (unpaired) electrons. The zero-order chi connectivity index (χ0) is 15.5. The number of hydrogen-bond donors (Lipinski definition) is 1. The van der Waals surface area contributed by atoms with E-state index in [1.807, 2.05) is 31.3 Å². The monoisotopic (exact) mass is 292 g/mol. The standard InChI is InChI=1S/C18H16N2O2/c1-12-16(15-5-3-4-6-17(15)20-12)11-19-14-9-7-13(8-10-14)18(21)22-2/h3-11,20H,1-2H3. The quantitative estimate of drug-likeness (QED) is 0.585. The molecule has 0 aliphatic rings. The Morgan fingerprint density at radius 1 is 1.14 bits per heavy atom. The number of H-pyrrole nitrogens is 1. The Bertz CT molecular complexity index is 845. The van der Waals surface area contributed by atoms with Crippen LogP contribution in [0.15, 0.2) is 53.5 Å². The number of aliphatic imine (C=N–C) groups is 1. The van der Waals surface area contributed by atoms with Crippen molar-refractivity contribution in [3.8, 4) is 0 Å². The van der Waals surface area contributed by atoms with E-state index in [0.29, 0.717) is 5.56 Å². The zero-order valence-corrected chi connectivity index (χ0v) is 12.5. The normalized spacial score (nSPS) is 11.2. The lowest BCUT2D eigenvalue weighted by molar-refractivity contribution is 0.0601. The van der Waals surface area contributed by atoms with Gasteiger partial charge >= 0.3 is 5.97 Å². The van der Waals surface area contributed by atoms with Gasteiger partial charge in [-0.3, -0.25) is 4.99 Å². The number of aromatic amines is 1. The van der Waals surface area contributed by atoms with E-state index < -0.39 is 0 Å². The lowest BCUT2D eigenvalue weighted by Crippen LogP contribution is -1.99. The molecule has 1 N–H and O–H groups in total. The Kier molecular flexibility index (Phi) is 3.74. The van der Waals surface area contributed by atoms with E-state index in [-0.39, 0.29) is 5.97 Å². The number of rotatable bonds is 3. The Balaban J connectivity index is 1.90. The van der Waals surface area contributed by atoms with Gasteiger partial charge in [-0.1, -0.05) is 18.2 Å². The molecule has 3 aromatic rings. The molecular weight excluding hydrogens is 276 g/mol. The molecule has 0 aliphatic carbocycles. The summed E-state index contributed by atoms with van der Waals surface area (Å²) in [5.74, 6) is -0.344. The van der Waals surface area contributed by atoms with Gasteiger partial charge in [0, 0.05) is 28.4 Å². The molecule has 0 unspecified atom stereocenters. The van der Waals surface area contributed by atoms with Gasteiger partial charge in [-0.15, -0.1) is 0 Å². The zero-order valence-electron chi connectivity index (χ0n) is 12.5. The molecule has 22 heavy (non-hydrogen) atoms. The van der Waals surface area contributed by atoms with E-state index in [1.165, 1.54) is 7.11 Å². The lowest BCUT2D eigenvalue weighted by Gasteiger charge is -1.99. The summed E-state index contributed by atoms with van der Waals surface area (Å²) in [6, 6.07) is 15.1. The van der Waals surface area contributed by atoms with E-state index in [0.717, 1.165) is 27.8 Å². The van der Waals surface area contributed by atoms with Crippen LogP contribution in [0.1, 0.15) is 21.6 Å². The Labute approximate surface area is 128 Å². The predicted octanol–water partition coefficient (Wildman–Crippen LogP) is 4.01. The fourth-order valence-electron chi connectivity index (χ4n) is 2.41. The number of hydrogen-bond acceptors (Lipinski definition) is 3. The molecule has 0 saturated carbocycles. The average molecular weight is 292 g/mol. The third kappa shape index (κ3) is 2.63. The van der Waals surface area contributed by atoms with E-state index in [4.69, 9.17) is 0 Å². The summed E-state index contributed by atoms with van der Waals surface area (Å²) in [7, 11) is 1.37. The maximum atomic E-state index is 11.4. The molecule has 2 aromatic carbocycles. The fourth-order valence-corrected chi connectivity index (χ4v) is 2.41. The minimum absolute atomic E-state index is 0.344. The number of nitrogens with one attached hydrogen (secondary N) is 1. The van der Waals surface area contributed by atoms with Gasteiger partial charge in [0.15, 0.2) is 0 Å². The number of ether oxygens (including phenoxy) is 1. The molecule has 1 aromatic heterocycles. The smallest absolute Gasteiger partial charge is 0.337 e. The number of fused-ring (bicyclic) bond motifs is 1. The molecule has 0 aliphatic heterocycles. The van der Waals surface area contributed by atoms with Crippen LogP contribution in [-0.2, 0) is 4.74 Å². The van der Waals surface area contributed by atoms with E-state index in [2.05, 4.69) is 20.8 Å². The lowest BCUT2D eigenvalue weighted by atomic mass is 10.1. The molecule has 0 saturated heterocycles. The summed E-state index contributed by atoms with van der Waals surface area (Å²) < 4.78 is 4.68. The van der Waals surface area contributed by atoms with Crippen molar-refractivity contribution in [1.82, 2.24) is 4.98 Å². The highest BCUT2D eigenvalue weighted by Gasteiger charge is 2.06. The molecular formula is C18H16N2O2. The van der Waals surface area contributed by atoms with Crippen molar-refractivity contribution >= 4 is 28.8 Å². The van der Waals surface area contributed by atoms with Gasteiger partial charge in [0.1, 0.15) is 0 Å². The van der Waals surface area contributed by atoms with Gasteiger partial charge in [-0.2, -0.15) is 0 Å². The van der Waals surface area contributed by atoms with Crippen LogP contribution >= 0.6 is 0 Å². The van der Waals surface area contributed by atoms with Crippen molar-refractivity contribution < 1.29 is 9.53 Å². The maximum absolute atomic E-state index is 11.4. The first-order chi connectivity index (χ1) is 10.7. The Morgan fingerprint density at radius 3 is 2.59 bits per heavy atom. The van der Waals surface area contributed by atoms with E-state index >= 15 is 0 Å². The number of benzene rings is 2. The van der Waals surface area contributed by atoms with Crippen LogP contribution in [0.2, 0.25) is 0 Å². The SMILES string of the molecule is COC(=O)c1ccc(N=Cc2c(C)[nH]c3ccccc23)cc1. The maximum Gasteiger partial charge on any atom is 0.337 e. The number of carbonyl (C=O) groups is 1. The fraction of sp³-hybridized carbons (Fsp3) is 0.111. The van der Waals surface area contributed by atoms with E-state index in [9.17, 15) is 4.79 Å². The third-order valence-electron chi connectivity index (χ3n) is 3.57. The molecule has 0 amide bonds. The second-order valence-electron chi connectivity index (χ2n) is 5.01. The summed E-state index contributed by atoms with van der Waals surface area (Å²) in [6.45, 7) is 2.03. The first kappa shape index (κ1) is 14.1. The highest BCUT2D eigenvalue weighted by molar-refractivity contribution is 6.01. The van der Waals surface area contributed by atoms with Crippen LogP contribution in [0.25, 0.3) is 10.9 Å². The van der Waals surface area contributed by atoms with Crippen molar-refractivity contribution in [2.24, 2.45) is 4.99 Å². The van der Waals surface area contributed by atoms with Gasteiger partial charge in [0.05, 0.1) is 18.4 Å². The van der Waals surface area contributed by atoms with Crippen LogP contribution in [0, 0.1) is 6.92 Å². The molecule has 0 bridgehead atoms. The number of nitrogens with zero attached hydrogens (tertiary/aromatic N) is 1. The molecule has 0 atom stereocenters. The van der Waals surface area contributed by atoms with Gasteiger partial charge in [-0.05, 0) is 37.3 Å². The van der Waals surface area contributed by atoms with Crippen molar-refractivity contribution in [1.29, 1.82) is 0 Å². The minimum Gasteiger partial charge on any atom is -0.465 e. The topological polar surface area (TPSA) is 54.4 Å². The highest BCUT2D eigenvalue weighted by Crippen LogP contribution is 2.21. The van der Waals surface area contributed by atoms with Crippen LogP contribution in [0.3, 0.4) is 0 Å². The van der Waals surface area contributed by atoms with Crippen LogP contribution in [0.4, 0.5) is 5.69 Å². The van der Waals surface area contributed by atoms with Crippen LogP contribution in [-0.4, -0.2) is 24.3 Å². The third-order valence-corrected chi connectivity index (χ3v) is 3.57. The number of methoxy groups -OCH3 is 1. The molecule has 3 rings (SSSR count). The van der Waals surface area contributed by atoms with Gasteiger partial charge < -0.3 is 9.72 Å². The van der Waals surface area contributed by atoms with Crippen molar-refractivity contribution in [3.05, 3.63) is 65.4 Å². The molecule has 1 heterocycles. The molecule has 4 nitrogen and oxygen atoms in total. The summed E-state index contributed by atoms with van der Waals surface area (Å²) >= 11 is 0. The first-order valence-corrected chi connectivity index (χ1v) is 6.99. The first-order valence-electron chi connectivity index (χ1n) is 6.99. The van der Waals surface area contributed by atoms with Crippen LogP contribution < -0.4 is 0 Å². The van der Waals surface area contributed by atoms with Gasteiger partial charge in [0.25, 0.3) is 0 Å². The van der Waals surface area contributed by atoms with Gasteiger partial charge in [-0.25, -0.2) is 4.79 Å². The summed E-state index contributed by atoms with van der Waals surface area (Å²) in [5, 5.41) is 1.15. The van der Waals surface area contributed by atoms with Crippen LogP contribution in [0.5, 0.6) is 0 Å². The number of esters is 1. The number of aryl methyl sites for hydroxylation is 1. The number of carbonyl (C=O) groups excluding carboxylic acids is 1. The molecule has 4 heteroatoms. The summed E-state index contributed by atoms with van der Waals surface area (Å²) in [4.78, 5) is 19.2. The summed E-state index contributed by atoms with van der Waals surface area (Å²) in [5.41, 5.74) is 4.56. The largest absolute Gasteiger partial charge is 0.465 e. The Hall–Kier alpha value is -2.88. The second kappa shape index (κ2) is 5.85. The van der Waals surface area contributed by atoms with Gasteiger partial charge in [0.2, 0.25) is 0 Å². The molecule has 0 spiro atoms. The molecule has 0 fully saturated rings. The van der Waals surface area contributed by atoms with Crippen molar-refractivity contribution in [2.45, 2.75) is 6.92 Å². The Morgan fingerprint density at radius 2 is 1.86 bits per heavy atom. The predicted molar refractivity (Wildman–Crippen MR) is 88.1 cm³/mol. The number of aromatic nitrogens is 1. The van der Waals surface area contributed by atoms with Crippen molar-refractivity contribution in [3.63, 3.8) is 0 Å². The second-order valence-corrected chi connectivity index (χ2v) is 5.01. The average Bonchev–Trinajstić information content (AvgIpc) is 2.88. The number of para-hydroxylation sites is 1. The highest BCUT2D eigenvalue weighted by atomic mass is 16.5. The van der Waals surface area contributed by atoms with Crippen molar-refractivity contribution in [2.75, 3.05) is 7.11 Å². The summed E-state index contributed by atoms with van der Waals surface area (Å²) in [6.07, 6.45) is 1.85. The minimum atomic E-state index is -0.344. The van der Waals surface area contributed by atoms with E-state index in [1.54, 1.807) is 24.3 Å².